The molecule has 0 unspecified atom stereocenters. The van der Waals surface area contributed by atoms with Crippen LogP contribution in [-0.2, 0) is 10.0 Å². The summed E-state index contributed by atoms with van der Waals surface area (Å²) in [6.45, 7) is 4.31. The Labute approximate surface area is 190 Å². The summed E-state index contributed by atoms with van der Waals surface area (Å²) < 4.78 is 28.5. The maximum Gasteiger partial charge on any atom is 0.276 e. The van der Waals surface area contributed by atoms with Crippen LogP contribution < -0.4 is 0 Å². The topological polar surface area (TPSA) is 132 Å². The van der Waals surface area contributed by atoms with Crippen molar-refractivity contribution in [2.75, 3.05) is 26.2 Å². The lowest BCUT2D eigenvalue weighted by Crippen LogP contribution is -2.50. The zero-order chi connectivity index (χ0) is 23.8. The standard InChI is InChI=1S/C21H22N6O5S/c1-15-6-8-19(9-7-15)33(31,32)25-12-10-24(11-13-25)21(28)20-16(2)26(23-22-20)17-4-3-5-18(14-17)27(29)30/h3-9,14H,10-13H2,1-2H3. The van der Waals surface area contributed by atoms with Crippen molar-refractivity contribution >= 4 is 21.6 Å². The van der Waals surface area contributed by atoms with E-state index in [1.807, 2.05) is 6.92 Å². The minimum atomic E-state index is -3.64. The summed E-state index contributed by atoms with van der Waals surface area (Å²) in [7, 11) is -3.64. The Bertz CT molecular complexity index is 1310. The summed E-state index contributed by atoms with van der Waals surface area (Å²) in [5.41, 5.74) is 1.85. The fraction of sp³-hybridized carbons (Fsp3) is 0.286. The number of nitro benzene ring substituents is 1. The Balaban J connectivity index is 1.48. The molecule has 172 valence electrons. The lowest BCUT2D eigenvalue weighted by Gasteiger charge is -2.33. The van der Waals surface area contributed by atoms with E-state index in [1.165, 1.54) is 32.1 Å². The average Bonchev–Trinajstić information content (AvgIpc) is 3.20. The van der Waals surface area contributed by atoms with Gasteiger partial charge in [-0.05, 0) is 32.0 Å². The number of rotatable bonds is 5. The van der Waals surface area contributed by atoms with E-state index in [9.17, 15) is 23.3 Å². The Hall–Kier alpha value is -3.64. The van der Waals surface area contributed by atoms with Crippen LogP contribution in [0.2, 0.25) is 0 Å². The molecule has 1 fully saturated rings. The largest absolute Gasteiger partial charge is 0.335 e. The van der Waals surface area contributed by atoms with Gasteiger partial charge in [0.1, 0.15) is 0 Å². The molecule has 1 aliphatic heterocycles. The first-order chi connectivity index (χ1) is 15.7. The predicted molar refractivity (Wildman–Crippen MR) is 119 cm³/mol. The van der Waals surface area contributed by atoms with E-state index in [1.54, 1.807) is 37.3 Å². The molecular formula is C21H22N6O5S. The smallest absolute Gasteiger partial charge is 0.276 e. The Kier molecular flexibility index (Phi) is 5.95. The van der Waals surface area contributed by atoms with Crippen molar-refractivity contribution in [3.8, 4) is 5.69 Å². The number of aryl methyl sites for hydroxylation is 1. The first-order valence-corrected chi connectivity index (χ1v) is 11.7. The van der Waals surface area contributed by atoms with E-state index < -0.39 is 14.9 Å². The Morgan fingerprint density at radius 2 is 1.70 bits per heavy atom. The summed E-state index contributed by atoms with van der Waals surface area (Å²) in [6, 6.07) is 12.5. The SMILES string of the molecule is Cc1ccc(S(=O)(=O)N2CCN(C(=O)c3nnn(-c4cccc([N+](=O)[O-])c4)c3C)CC2)cc1. The van der Waals surface area contributed by atoms with Gasteiger partial charge in [-0.15, -0.1) is 5.10 Å². The van der Waals surface area contributed by atoms with Gasteiger partial charge in [-0.25, -0.2) is 13.1 Å². The Morgan fingerprint density at radius 3 is 2.33 bits per heavy atom. The predicted octanol–water partition coefficient (Wildman–Crippen LogP) is 1.94. The van der Waals surface area contributed by atoms with Crippen molar-refractivity contribution in [3.63, 3.8) is 0 Å². The van der Waals surface area contributed by atoms with E-state index >= 15 is 0 Å². The van der Waals surface area contributed by atoms with Gasteiger partial charge in [0.05, 0.1) is 21.2 Å². The minimum absolute atomic E-state index is 0.0961. The van der Waals surface area contributed by atoms with Crippen molar-refractivity contribution in [1.29, 1.82) is 0 Å². The molecule has 4 rings (SSSR count). The van der Waals surface area contributed by atoms with Crippen LogP contribution in [0.15, 0.2) is 53.4 Å². The van der Waals surface area contributed by atoms with Crippen molar-refractivity contribution in [1.82, 2.24) is 24.2 Å². The molecular weight excluding hydrogens is 448 g/mol. The van der Waals surface area contributed by atoms with Crippen molar-refractivity contribution in [3.05, 3.63) is 75.6 Å². The quantitative estimate of drug-likeness (QED) is 0.411. The molecule has 0 radical (unpaired) electrons. The van der Waals surface area contributed by atoms with E-state index in [-0.39, 0.29) is 48.4 Å². The molecule has 0 saturated carbocycles. The number of nitro groups is 1. The summed E-state index contributed by atoms with van der Waals surface area (Å²) in [5, 5.41) is 19.0. The molecule has 3 aromatic rings. The molecule has 1 aromatic heterocycles. The number of benzene rings is 2. The summed E-state index contributed by atoms with van der Waals surface area (Å²) in [6.07, 6.45) is 0. The third-order valence-corrected chi connectivity index (χ3v) is 7.48. The number of carbonyl (C=O) groups excluding carboxylic acids is 1. The van der Waals surface area contributed by atoms with Gasteiger partial charge in [0, 0.05) is 38.3 Å². The first-order valence-electron chi connectivity index (χ1n) is 10.2. The molecule has 1 amide bonds. The highest BCUT2D eigenvalue weighted by atomic mass is 32.2. The highest BCUT2D eigenvalue weighted by Gasteiger charge is 2.32. The lowest BCUT2D eigenvalue weighted by molar-refractivity contribution is -0.384. The van der Waals surface area contributed by atoms with Gasteiger partial charge >= 0.3 is 0 Å². The number of amides is 1. The first kappa shape index (κ1) is 22.6. The molecule has 0 spiro atoms. The van der Waals surface area contributed by atoms with Gasteiger partial charge < -0.3 is 4.90 Å². The zero-order valence-corrected chi connectivity index (χ0v) is 18.9. The van der Waals surface area contributed by atoms with Crippen molar-refractivity contribution in [2.45, 2.75) is 18.7 Å². The monoisotopic (exact) mass is 470 g/mol. The van der Waals surface area contributed by atoms with Gasteiger partial charge in [0.15, 0.2) is 5.69 Å². The summed E-state index contributed by atoms with van der Waals surface area (Å²) in [5.74, 6) is -0.364. The van der Waals surface area contributed by atoms with Crippen LogP contribution in [0.3, 0.4) is 0 Å². The second-order valence-corrected chi connectivity index (χ2v) is 9.66. The third kappa shape index (κ3) is 4.34. The highest BCUT2D eigenvalue weighted by Crippen LogP contribution is 2.21. The molecule has 0 N–H and O–H groups in total. The minimum Gasteiger partial charge on any atom is -0.335 e. The number of hydrogen-bond donors (Lipinski definition) is 0. The number of aromatic nitrogens is 3. The molecule has 0 aliphatic carbocycles. The lowest BCUT2D eigenvalue weighted by atomic mass is 10.2. The van der Waals surface area contributed by atoms with Crippen molar-refractivity contribution < 1.29 is 18.1 Å². The van der Waals surface area contributed by atoms with E-state index in [4.69, 9.17) is 0 Å². The second kappa shape index (κ2) is 8.71. The van der Waals surface area contributed by atoms with Gasteiger partial charge in [-0.3, -0.25) is 14.9 Å². The number of non-ortho nitro benzene ring substituents is 1. The van der Waals surface area contributed by atoms with Crippen LogP contribution in [0.4, 0.5) is 5.69 Å². The van der Waals surface area contributed by atoms with Crippen LogP contribution in [0.25, 0.3) is 5.69 Å². The van der Waals surface area contributed by atoms with Gasteiger partial charge in [0.25, 0.3) is 11.6 Å². The molecule has 12 heteroatoms. The molecule has 1 aliphatic rings. The fourth-order valence-corrected chi connectivity index (χ4v) is 5.07. The maximum atomic E-state index is 13.0. The summed E-state index contributed by atoms with van der Waals surface area (Å²) in [4.78, 5) is 25.3. The maximum absolute atomic E-state index is 13.0. The van der Waals surface area contributed by atoms with Gasteiger partial charge in [-0.2, -0.15) is 4.31 Å². The number of sulfonamides is 1. The van der Waals surface area contributed by atoms with Crippen LogP contribution in [-0.4, -0.2) is 69.6 Å². The molecule has 11 nitrogen and oxygen atoms in total. The van der Waals surface area contributed by atoms with Crippen LogP contribution in [0.5, 0.6) is 0 Å². The van der Waals surface area contributed by atoms with Crippen LogP contribution in [0, 0.1) is 24.0 Å². The number of nitrogens with zero attached hydrogens (tertiary/aromatic N) is 6. The van der Waals surface area contributed by atoms with Crippen LogP contribution in [0.1, 0.15) is 21.7 Å². The van der Waals surface area contributed by atoms with Gasteiger partial charge in [0.2, 0.25) is 10.0 Å². The zero-order valence-electron chi connectivity index (χ0n) is 18.1. The number of hydrogen-bond acceptors (Lipinski definition) is 7. The van der Waals surface area contributed by atoms with Crippen LogP contribution >= 0.6 is 0 Å². The number of piperazine rings is 1. The molecule has 0 atom stereocenters. The molecule has 33 heavy (non-hydrogen) atoms. The molecule has 1 saturated heterocycles. The molecule has 2 aromatic carbocycles. The van der Waals surface area contributed by atoms with E-state index in [2.05, 4.69) is 10.3 Å². The van der Waals surface area contributed by atoms with Crippen molar-refractivity contribution in [2.24, 2.45) is 0 Å². The average molecular weight is 471 g/mol. The normalized spacial score (nSPS) is 14.9. The fourth-order valence-electron chi connectivity index (χ4n) is 3.65. The van der Waals surface area contributed by atoms with E-state index in [0.717, 1.165) is 5.56 Å². The van der Waals surface area contributed by atoms with Gasteiger partial charge in [-0.1, -0.05) is 29.0 Å². The second-order valence-electron chi connectivity index (χ2n) is 7.72. The summed E-state index contributed by atoms with van der Waals surface area (Å²) >= 11 is 0. The highest BCUT2D eigenvalue weighted by molar-refractivity contribution is 7.89. The third-order valence-electron chi connectivity index (χ3n) is 5.57. The van der Waals surface area contributed by atoms with E-state index in [0.29, 0.717) is 11.4 Å². The molecule has 2 heterocycles. The Morgan fingerprint density at radius 1 is 1.03 bits per heavy atom. The number of carbonyl (C=O) groups is 1. The molecule has 0 bridgehead atoms.